The quantitative estimate of drug-likeness (QED) is 0.404. The third kappa shape index (κ3) is 2.08. The van der Waals surface area contributed by atoms with Gasteiger partial charge in [-0.05, 0) is 13.0 Å². The van der Waals surface area contributed by atoms with Gasteiger partial charge in [0.15, 0.2) is 5.69 Å². The molecule has 0 aliphatic heterocycles. The number of hydrogen-bond acceptors (Lipinski definition) is 5. The highest BCUT2D eigenvalue weighted by molar-refractivity contribution is 6.38. The highest BCUT2D eigenvalue weighted by atomic mass is 35.5. The third-order valence-electron chi connectivity index (χ3n) is 2.54. The molecule has 8 heteroatoms. The number of nitro groups is 1. The Labute approximate surface area is 112 Å². The molecule has 2 aromatic rings. The third-order valence-corrected chi connectivity index (χ3v) is 2.93. The largest absolute Gasteiger partial charge is 0.461 e. The van der Waals surface area contributed by atoms with Crippen LogP contribution in [0.2, 0.25) is 5.02 Å². The van der Waals surface area contributed by atoms with E-state index >= 15 is 0 Å². The molecule has 100 valence electrons. The van der Waals surface area contributed by atoms with Crippen LogP contribution in [0.5, 0.6) is 0 Å². The SMILES string of the molecule is CCOC(=O)c1c(Cl)c2cc([N+](=O)[O-])ccc2n1O. The lowest BCUT2D eigenvalue weighted by Crippen LogP contribution is -2.10. The van der Waals surface area contributed by atoms with Gasteiger partial charge in [0.1, 0.15) is 0 Å². The lowest BCUT2D eigenvalue weighted by atomic mass is 10.2. The Hall–Kier alpha value is -2.28. The van der Waals surface area contributed by atoms with Gasteiger partial charge in [0.2, 0.25) is 0 Å². The zero-order chi connectivity index (χ0) is 14.2. The number of nitro benzene ring substituents is 1. The van der Waals surface area contributed by atoms with Gasteiger partial charge in [-0.2, -0.15) is 4.73 Å². The molecule has 1 N–H and O–H groups in total. The molecule has 0 fully saturated rings. The maximum absolute atomic E-state index is 11.7. The van der Waals surface area contributed by atoms with Crippen molar-refractivity contribution >= 4 is 34.2 Å². The standard InChI is InChI=1S/C11H9ClN2O5/c1-2-19-11(15)10-9(12)7-5-6(14(17)18)3-4-8(7)13(10)16/h3-5,16H,2H2,1H3. The molecule has 0 radical (unpaired) electrons. The number of ether oxygens (including phenoxy) is 1. The maximum atomic E-state index is 11.7. The highest BCUT2D eigenvalue weighted by Crippen LogP contribution is 2.32. The first-order valence-corrected chi connectivity index (χ1v) is 5.69. The summed E-state index contributed by atoms with van der Waals surface area (Å²) in [6, 6.07) is 3.70. The summed E-state index contributed by atoms with van der Waals surface area (Å²) in [5, 5.41) is 20.7. The number of aromatic nitrogens is 1. The lowest BCUT2D eigenvalue weighted by Gasteiger charge is -2.02. The second-order valence-electron chi connectivity index (χ2n) is 3.65. The minimum absolute atomic E-state index is 0.0837. The number of benzene rings is 1. The molecular formula is C11H9ClN2O5. The fourth-order valence-corrected chi connectivity index (χ4v) is 2.02. The van der Waals surface area contributed by atoms with Crippen molar-refractivity contribution in [3.63, 3.8) is 0 Å². The maximum Gasteiger partial charge on any atom is 0.360 e. The number of hydrogen-bond donors (Lipinski definition) is 1. The zero-order valence-corrected chi connectivity index (χ0v) is 10.5. The molecule has 1 aromatic carbocycles. The number of rotatable bonds is 3. The monoisotopic (exact) mass is 284 g/mol. The Morgan fingerprint density at radius 1 is 1.58 bits per heavy atom. The molecule has 2 rings (SSSR count). The fraction of sp³-hybridized carbons (Fsp3) is 0.182. The number of halogens is 1. The normalized spacial score (nSPS) is 10.6. The van der Waals surface area contributed by atoms with E-state index in [0.717, 1.165) is 0 Å². The van der Waals surface area contributed by atoms with Crippen LogP contribution in [0.4, 0.5) is 5.69 Å². The van der Waals surface area contributed by atoms with Gasteiger partial charge in [0.25, 0.3) is 5.69 Å². The molecule has 0 amide bonds. The van der Waals surface area contributed by atoms with Crippen molar-refractivity contribution in [1.82, 2.24) is 4.73 Å². The van der Waals surface area contributed by atoms with Gasteiger partial charge >= 0.3 is 5.97 Å². The molecular weight excluding hydrogens is 276 g/mol. The van der Waals surface area contributed by atoms with Gasteiger partial charge in [-0.1, -0.05) is 11.6 Å². The summed E-state index contributed by atoms with van der Waals surface area (Å²) in [5.74, 6) is -0.797. The van der Waals surface area contributed by atoms with Crippen molar-refractivity contribution in [1.29, 1.82) is 0 Å². The average Bonchev–Trinajstić information content (AvgIpc) is 2.62. The summed E-state index contributed by atoms with van der Waals surface area (Å²) in [6.45, 7) is 1.73. The van der Waals surface area contributed by atoms with Gasteiger partial charge < -0.3 is 9.94 Å². The van der Waals surface area contributed by atoms with Crippen LogP contribution in [0, 0.1) is 10.1 Å². The molecule has 0 spiro atoms. The smallest absolute Gasteiger partial charge is 0.360 e. The van der Waals surface area contributed by atoms with E-state index in [1.807, 2.05) is 0 Å². The molecule has 7 nitrogen and oxygen atoms in total. The van der Waals surface area contributed by atoms with E-state index in [-0.39, 0.29) is 33.9 Å². The van der Waals surface area contributed by atoms with Crippen molar-refractivity contribution < 1.29 is 19.7 Å². The summed E-state index contributed by atoms with van der Waals surface area (Å²) >= 11 is 5.97. The van der Waals surface area contributed by atoms with E-state index in [9.17, 15) is 20.1 Å². The van der Waals surface area contributed by atoms with E-state index in [2.05, 4.69) is 0 Å². The number of non-ortho nitro benzene ring substituents is 1. The summed E-state index contributed by atoms with van der Waals surface area (Å²) in [6.07, 6.45) is 0. The van der Waals surface area contributed by atoms with Crippen LogP contribution in [0.25, 0.3) is 10.9 Å². The van der Waals surface area contributed by atoms with E-state index in [0.29, 0.717) is 4.73 Å². The minimum atomic E-state index is -0.797. The van der Waals surface area contributed by atoms with Crippen molar-refractivity contribution in [2.24, 2.45) is 0 Å². The Bertz CT molecular complexity index is 679. The van der Waals surface area contributed by atoms with E-state index < -0.39 is 10.9 Å². The summed E-state index contributed by atoms with van der Waals surface area (Å²) in [4.78, 5) is 21.8. The summed E-state index contributed by atoms with van der Waals surface area (Å²) in [7, 11) is 0. The highest BCUT2D eigenvalue weighted by Gasteiger charge is 2.24. The van der Waals surface area contributed by atoms with Crippen molar-refractivity contribution in [3.8, 4) is 0 Å². The molecule has 0 saturated carbocycles. The van der Waals surface area contributed by atoms with Crippen LogP contribution in [-0.2, 0) is 4.74 Å². The predicted octanol–water partition coefficient (Wildman–Crippen LogP) is 2.62. The van der Waals surface area contributed by atoms with Gasteiger partial charge in [-0.25, -0.2) is 4.79 Å². The van der Waals surface area contributed by atoms with Crippen LogP contribution >= 0.6 is 11.6 Å². The Kier molecular flexibility index (Phi) is 3.30. The van der Waals surface area contributed by atoms with Crippen LogP contribution in [0.15, 0.2) is 18.2 Å². The second kappa shape index (κ2) is 4.77. The van der Waals surface area contributed by atoms with Gasteiger partial charge in [0, 0.05) is 17.5 Å². The van der Waals surface area contributed by atoms with Crippen molar-refractivity contribution in [2.45, 2.75) is 6.92 Å². The molecule has 0 unspecified atom stereocenters. The predicted molar refractivity (Wildman–Crippen MR) is 66.7 cm³/mol. The first-order chi connectivity index (χ1) is 8.97. The summed E-state index contributed by atoms with van der Waals surface area (Å²) in [5.41, 5.74) is -0.243. The zero-order valence-electron chi connectivity index (χ0n) is 9.79. The summed E-state index contributed by atoms with van der Waals surface area (Å²) < 4.78 is 5.33. The molecule has 1 heterocycles. The first-order valence-electron chi connectivity index (χ1n) is 5.32. The number of fused-ring (bicyclic) bond motifs is 1. The number of nitrogens with zero attached hydrogens (tertiary/aromatic N) is 2. The fourth-order valence-electron chi connectivity index (χ4n) is 1.71. The van der Waals surface area contributed by atoms with Crippen LogP contribution in [-0.4, -0.2) is 27.4 Å². The molecule has 0 saturated heterocycles. The molecule has 1 aromatic heterocycles. The van der Waals surface area contributed by atoms with Crippen LogP contribution in [0.3, 0.4) is 0 Å². The number of carbonyl (C=O) groups is 1. The average molecular weight is 285 g/mol. The minimum Gasteiger partial charge on any atom is -0.461 e. The van der Waals surface area contributed by atoms with Gasteiger partial charge in [0.05, 0.1) is 22.1 Å². The molecule has 0 atom stereocenters. The van der Waals surface area contributed by atoms with Gasteiger partial charge in [-0.3, -0.25) is 10.1 Å². The molecule has 0 bridgehead atoms. The van der Waals surface area contributed by atoms with E-state index in [1.54, 1.807) is 6.92 Å². The molecule has 19 heavy (non-hydrogen) atoms. The van der Waals surface area contributed by atoms with Crippen molar-refractivity contribution in [3.05, 3.63) is 39.0 Å². The van der Waals surface area contributed by atoms with Gasteiger partial charge in [-0.15, -0.1) is 0 Å². The van der Waals surface area contributed by atoms with Crippen LogP contribution in [0.1, 0.15) is 17.4 Å². The number of esters is 1. The Morgan fingerprint density at radius 2 is 2.26 bits per heavy atom. The number of carbonyl (C=O) groups excluding carboxylic acids is 1. The first kappa shape index (κ1) is 13.2. The van der Waals surface area contributed by atoms with Crippen LogP contribution < -0.4 is 0 Å². The second-order valence-corrected chi connectivity index (χ2v) is 4.03. The topological polar surface area (TPSA) is 94.6 Å². The molecule has 0 aliphatic rings. The van der Waals surface area contributed by atoms with Crippen molar-refractivity contribution in [2.75, 3.05) is 6.61 Å². The van der Waals surface area contributed by atoms with E-state index in [1.165, 1.54) is 18.2 Å². The molecule has 0 aliphatic carbocycles. The Balaban J connectivity index is 2.68. The Morgan fingerprint density at radius 3 is 2.84 bits per heavy atom. The van der Waals surface area contributed by atoms with E-state index in [4.69, 9.17) is 16.3 Å². The lowest BCUT2D eigenvalue weighted by molar-refractivity contribution is -0.384.